The van der Waals surface area contributed by atoms with Gasteiger partial charge in [0.05, 0.1) is 24.5 Å². The third-order valence-corrected chi connectivity index (χ3v) is 6.03. The monoisotopic (exact) mass is 462 g/mol. The number of nitrogens with one attached hydrogen (secondary N) is 2. The van der Waals surface area contributed by atoms with Gasteiger partial charge in [0.15, 0.2) is 10.8 Å². The Morgan fingerprint density at radius 2 is 1.91 bits per heavy atom. The highest BCUT2D eigenvalue weighted by Gasteiger charge is 2.14. The minimum absolute atomic E-state index is 0.000966. The van der Waals surface area contributed by atoms with E-state index in [0.29, 0.717) is 25.4 Å². The third kappa shape index (κ3) is 5.63. The van der Waals surface area contributed by atoms with E-state index in [-0.39, 0.29) is 5.91 Å². The largest absolute Gasteiger partial charge is 0.369 e. The summed E-state index contributed by atoms with van der Waals surface area (Å²) >= 11 is 1.61. The van der Waals surface area contributed by atoms with Crippen molar-refractivity contribution in [3.8, 4) is 0 Å². The Labute approximate surface area is 198 Å². The first-order chi connectivity index (χ1) is 16.0. The molecule has 2 aromatic heterocycles. The summed E-state index contributed by atoms with van der Waals surface area (Å²) in [7, 11) is 0. The van der Waals surface area contributed by atoms with Crippen LogP contribution >= 0.6 is 11.8 Å². The highest BCUT2D eigenvalue weighted by molar-refractivity contribution is 7.99. The lowest BCUT2D eigenvalue weighted by Crippen LogP contribution is -2.29. The van der Waals surface area contributed by atoms with E-state index in [4.69, 9.17) is 4.98 Å². The summed E-state index contributed by atoms with van der Waals surface area (Å²) in [6.45, 7) is 8.27. The van der Waals surface area contributed by atoms with Crippen LogP contribution in [0.4, 0.5) is 5.82 Å². The van der Waals surface area contributed by atoms with Crippen LogP contribution in [0.5, 0.6) is 0 Å². The summed E-state index contributed by atoms with van der Waals surface area (Å²) < 4.78 is 1.84. The Bertz CT molecular complexity index is 1250. The number of hydrogen-bond acceptors (Lipinski definition) is 6. The molecule has 1 amide bonds. The third-order valence-electron chi connectivity index (χ3n) is 5.30. The fourth-order valence-electron chi connectivity index (χ4n) is 3.71. The van der Waals surface area contributed by atoms with Crippen molar-refractivity contribution >= 4 is 45.3 Å². The summed E-state index contributed by atoms with van der Waals surface area (Å²) in [5.74, 6) is 2.21. The minimum atomic E-state index is -0.000966. The van der Waals surface area contributed by atoms with Crippen molar-refractivity contribution < 1.29 is 4.79 Å². The first kappa shape index (κ1) is 23.0. The lowest BCUT2D eigenvalue weighted by molar-refractivity contribution is -0.120. The SMILES string of the molecule is CCSc1nc(NCC(C)C)c2cnn(CCNC(=O)Cc3cccc4ccccc34)c2n1. The second-order valence-electron chi connectivity index (χ2n) is 8.33. The molecule has 0 spiro atoms. The van der Waals surface area contributed by atoms with Crippen molar-refractivity contribution in [3.05, 3.63) is 54.2 Å². The van der Waals surface area contributed by atoms with Crippen LogP contribution in [-0.2, 0) is 17.8 Å². The molecule has 4 aromatic rings. The van der Waals surface area contributed by atoms with E-state index in [1.54, 1.807) is 18.0 Å². The Kier molecular flexibility index (Phi) is 7.44. The number of hydrogen-bond donors (Lipinski definition) is 2. The Hall–Kier alpha value is -3.13. The average molecular weight is 463 g/mol. The number of aromatic nitrogens is 4. The Morgan fingerprint density at radius 3 is 2.73 bits per heavy atom. The van der Waals surface area contributed by atoms with Gasteiger partial charge in [0.2, 0.25) is 5.91 Å². The molecule has 0 aliphatic carbocycles. The quantitative estimate of drug-likeness (QED) is 0.266. The summed E-state index contributed by atoms with van der Waals surface area (Å²) in [6, 6.07) is 14.2. The molecule has 172 valence electrons. The van der Waals surface area contributed by atoms with Crippen LogP contribution in [0, 0.1) is 5.92 Å². The van der Waals surface area contributed by atoms with Gasteiger partial charge in [-0.3, -0.25) is 4.79 Å². The van der Waals surface area contributed by atoms with Gasteiger partial charge in [0, 0.05) is 13.1 Å². The van der Waals surface area contributed by atoms with E-state index in [1.807, 2.05) is 28.9 Å². The molecule has 2 aromatic carbocycles. The van der Waals surface area contributed by atoms with E-state index < -0.39 is 0 Å². The molecule has 7 nitrogen and oxygen atoms in total. The van der Waals surface area contributed by atoms with Crippen LogP contribution in [0.2, 0.25) is 0 Å². The molecule has 0 saturated heterocycles. The maximum Gasteiger partial charge on any atom is 0.224 e. The zero-order valence-electron chi connectivity index (χ0n) is 19.3. The van der Waals surface area contributed by atoms with Crippen molar-refractivity contribution in [2.75, 3.05) is 24.2 Å². The average Bonchev–Trinajstić information content (AvgIpc) is 3.21. The predicted molar refractivity (Wildman–Crippen MR) is 136 cm³/mol. The standard InChI is InChI=1S/C25H30N6OS/c1-4-33-25-29-23(27-15-17(2)3)21-16-28-31(24(21)30-25)13-12-26-22(32)14-19-10-7-9-18-8-5-6-11-20(18)19/h5-11,16-17H,4,12-15H2,1-3H3,(H,26,32)(H,27,29,30). The van der Waals surface area contributed by atoms with Gasteiger partial charge in [-0.25, -0.2) is 14.6 Å². The predicted octanol–water partition coefficient (Wildman–Crippen LogP) is 4.52. The topological polar surface area (TPSA) is 84.7 Å². The zero-order valence-corrected chi connectivity index (χ0v) is 20.2. The van der Waals surface area contributed by atoms with E-state index >= 15 is 0 Å². The molecule has 0 unspecified atom stereocenters. The van der Waals surface area contributed by atoms with Crippen LogP contribution in [0.1, 0.15) is 26.3 Å². The van der Waals surface area contributed by atoms with Crippen LogP contribution in [0.15, 0.2) is 53.8 Å². The van der Waals surface area contributed by atoms with E-state index in [2.05, 4.69) is 59.7 Å². The molecule has 0 aliphatic rings. The van der Waals surface area contributed by atoms with Gasteiger partial charge in [-0.15, -0.1) is 0 Å². The maximum absolute atomic E-state index is 12.6. The van der Waals surface area contributed by atoms with Crippen molar-refractivity contribution in [3.63, 3.8) is 0 Å². The van der Waals surface area contributed by atoms with Gasteiger partial charge >= 0.3 is 0 Å². The molecule has 4 rings (SSSR count). The minimum Gasteiger partial charge on any atom is -0.369 e. The fraction of sp³-hybridized carbons (Fsp3) is 0.360. The molecule has 2 N–H and O–H groups in total. The van der Waals surface area contributed by atoms with Gasteiger partial charge < -0.3 is 10.6 Å². The smallest absolute Gasteiger partial charge is 0.224 e. The van der Waals surface area contributed by atoms with Gasteiger partial charge in [-0.05, 0) is 28.0 Å². The molecule has 0 aliphatic heterocycles. The first-order valence-electron chi connectivity index (χ1n) is 11.4. The number of fused-ring (bicyclic) bond motifs is 2. The lowest BCUT2D eigenvalue weighted by atomic mass is 10.0. The second kappa shape index (κ2) is 10.7. The molecular formula is C25H30N6OS. The Balaban J connectivity index is 1.44. The number of nitrogens with zero attached hydrogens (tertiary/aromatic N) is 4. The van der Waals surface area contributed by atoms with Gasteiger partial charge in [-0.1, -0.05) is 75.0 Å². The van der Waals surface area contributed by atoms with Crippen molar-refractivity contribution in [1.29, 1.82) is 0 Å². The van der Waals surface area contributed by atoms with Crippen LogP contribution in [0.3, 0.4) is 0 Å². The van der Waals surface area contributed by atoms with Crippen molar-refractivity contribution in [2.45, 2.75) is 38.9 Å². The van der Waals surface area contributed by atoms with E-state index in [1.165, 1.54) is 0 Å². The summed E-state index contributed by atoms with van der Waals surface area (Å²) in [6.07, 6.45) is 2.15. The van der Waals surface area contributed by atoms with E-state index in [9.17, 15) is 4.79 Å². The molecule has 0 fully saturated rings. The Morgan fingerprint density at radius 1 is 1.09 bits per heavy atom. The number of rotatable bonds is 10. The number of carbonyl (C=O) groups is 1. The maximum atomic E-state index is 12.6. The van der Waals surface area contributed by atoms with E-state index in [0.717, 1.165) is 50.6 Å². The summed E-state index contributed by atoms with van der Waals surface area (Å²) in [4.78, 5) is 22.0. The van der Waals surface area contributed by atoms with Crippen molar-refractivity contribution in [2.24, 2.45) is 5.92 Å². The molecule has 0 bridgehead atoms. The highest BCUT2D eigenvalue weighted by Crippen LogP contribution is 2.24. The molecular weight excluding hydrogens is 432 g/mol. The molecule has 2 heterocycles. The molecule has 8 heteroatoms. The van der Waals surface area contributed by atoms with Crippen LogP contribution in [-0.4, -0.2) is 44.5 Å². The van der Waals surface area contributed by atoms with Gasteiger partial charge in [0.25, 0.3) is 0 Å². The molecule has 0 atom stereocenters. The number of benzene rings is 2. The molecule has 0 radical (unpaired) electrons. The normalized spacial score (nSPS) is 11.4. The van der Waals surface area contributed by atoms with Gasteiger partial charge in [-0.2, -0.15) is 5.10 Å². The molecule has 0 saturated carbocycles. The number of anilines is 1. The summed E-state index contributed by atoms with van der Waals surface area (Å²) in [5.41, 5.74) is 1.82. The first-order valence-corrected chi connectivity index (χ1v) is 12.4. The highest BCUT2D eigenvalue weighted by atomic mass is 32.2. The van der Waals surface area contributed by atoms with Crippen LogP contribution in [0.25, 0.3) is 21.8 Å². The second-order valence-corrected chi connectivity index (χ2v) is 9.56. The lowest BCUT2D eigenvalue weighted by Gasteiger charge is -2.11. The summed E-state index contributed by atoms with van der Waals surface area (Å²) in [5, 5.41) is 14.9. The van der Waals surface area contributed by atoms with Crippen LogP contribution < -0.4 is 10.6 Å². The number of thioether (sulfide) groups is 1. The van der Waals surface area contributed by atoms with Gasteiger partial charge in [0.1, 0.15) is 5.82 Å². The zero-order chi connectivity index (χ0) is 23.2. The number of amides is 1. The molecule has 33 heavy (non-hydrogen) atoms. The number of carbonyl (C=O) groups excluding carboxylic acids is 1. The van der Waals surface area contributed by atoms with Crippen molar-refractivity contribution in [1.82, 2.24) is 25.1 Å². The fourth-order valence-corrected chi connectivity index (χ4v) is 4.28.